The number of methoxy groups -OCH3 is 2. The molecule has 9 heteroatoms. The topological polar surface area (TPSA) is 110 Å². The molecule has 3 aromatic rings. The molecule has 0 saturated heterocycles. The first kappa shape index (κ1) is 25.0. The molecule has 0 radical (unpaired) electrons. The molecule has 1 aliphatic heterocycles. The lowest BCUT2D eigenvalue weighted by Crippen LogP contribution is -2.30. The third kappa shape index (κ3) is 4.57. The Morgan fingerprint density at radius 2 is 1.56 bits per heavy atom. The number of hydrogen-bond acceptors (Lipinski definition) is 7. The molecule has 36 heavy (non-hydrogen) atoms. The van der Waals surface area contributed by atoms with Crippen LogP contribution < -0.4 is 4.74 Å². The molecule has 1 atom stereocenters. The van der Waals surface area contributed by atoms with Gasteiger partial charge in [-0.05, 0) is 54.4 Å². The molecule has 186 valence electrons. The lowest BCUT2D eigenvalue weighted by Gasteiger charge is -2.27. The van der Waals surface area contributed by atoms with Gasteiger partial charge in [0.25, 0.3) is 5.91 Å². The first-order valence-corrected chi connectivity index (χ1v) is 12.5. The number of carbonyl (C=O) groups is 2. The Bertz CT molecular complexity index is 1420. The van der Waals surface area contributed by atoms with Gasteiger partial charge >= 0.3 is 5.97 Å². The summed E-state index contributed by atoms with van der Waals surface area (Å²) in [4.78, 5) is 26.0. The lowest BCUT2D eigenvalue weighted by atomic mass is 10.0. The summed E-state index contributed by atoms with van der Waals surface area (Å²) in [7, 11) is -1.45. The van der Waals surface area contributed by atoms with E-state index in [9.17, 15) is 23.1 Å². The van der Waals surface area contributed by atoms with E-state index < -0.39 is 38.4 Å². The number of aliphatic hydroxyl groups is 1. The van der Waals surface area contributed by atoms with Gasteiger partial charge in [0, 0.05) is 6.54 Å². The predicted molar refractivity (Wildman–Crippen MR) is 132 cm³/mol. The molecule has 0 unspecified atom stereocenters. The monoisotopic (exact) mass is 507 g/mol. The van der Waals surface area contributed by atoms with Crippen molar-refractivity contribution in [1.29, 1.82) is 0 Å². The summed E-state index contributed by atoms with van der Waals surface area (Å²) in [6.45, 7) is 1.86. The molecule has 0 fully saturated rings. The molecular formula is C27H25NO7S. The number of amides is 1. The van der Waals surface area contributed by atoms with Gasteiger partial charge in [0.15, 0.2) is 5.76 Å². The fourth-order valence-corrected chi connectivity index (χ4v) is 5.74. The minimum Gasteiger partial charge on any atom is -0.502 e. The Labute approximate surface area is 209 Å². The van der Waals surface area contributed by atoms with E-state index in [1.807, 2.05) is 6.92 Å². The quantitative estimate of drug-likeness (QED) is 0.479. The minimum absolute atomic E-state index is 0.0310. The minimum atomic E-state index is -4.25. The smallest absolute Gasteiger partial charge is 0.337 e. The van der Waals surface area contributed by atoms with Crippen LogP contribution in [0.2, 0.25) is 0 Å². The van der Waals surface area contributed by atoms with Gasteiger partial charge in [-0.25, -0.2) is 13.2 Å². The molecule has 8 nitrogen and oxygen atoms in total. The van der Waals surface area contributed by atoms with E-state index in [0.29, 0.717) is 16.9 Å². The van der Waals surface area contributed by atoms with Crippen LogP contribution in [0.25, 0.3) is 0 Å². The van der Waals surface area contributed by atoms with Crippen LogP contribution in [0.5, 0.6) is 5.75 Å². The van der Waals surface area contributed by atoms with E-state index in [2.05, 4.69) is 0 Å². The van der Waals surface area contributed by atoms with Gasteiger partial charge in [-0.3, -0.25) is 4.79 Å². The first-order chi connectivity index (χ1) is 17.2. The summed E-state index contributed by atoms with van der Waals surface area (Å²) in [6, 6.07) is 18.1. The molecule has 0 spiro atoms. The highest BCUT2D eigenvalue weighted by Crippen LogP contribution is 2.43. The molecule has 4 rings (SSSR count). The average Bonchev–Trinajstić information content (AvgIpc) is 3.14. The van der Waals surface area contributed by atoms with Gasteiger partial charge in [-0.1, -0.05) is 42.0 Å². The van der Waals surface area contributed by atoms with E-state index in [-0.39, 0.29) is 17.0 Å². The number of nitrogens with zero attached hydrogens (tertiary/aromatic N) is 1. The van der Waals surface area contributed by atoms with E-state index in [4.69, 9.17) is 9.47 Å². The molecule has 0 aliphatic carbocycles. The number of rotatable bonds is 7. The number of benzene rings is 3. The summed E-state index contributed by atoms with van der Waals surface area (Å²) in [5.41, 5.74) is 2.26. The van der Waals surface area contributed by atoms with Crippen molar-refractivity contribution in [2.24, 2.45) is 0 Å². The molecule has 0 bridgehead atoms. The maximum Gasteiger partial charge on any atom is 0.337 e. The third-order valence-corrected chi connectivity index (χ3v) is 7.93. The Morgan fingerprint density at radius 3 is 2.11 bits per heavy atom. The van der Waals surface area contributed by atoms with Crippen molar-refractivity contribution in [1.82, 2.24) is 4.90 Å². The zero-order valence-corrected chi connectivity index (χ0v) is 20.8. The maximum atomic E-state index is 13.7. The fraction of sp³-hybridized carbons (Fsp3) is 0.185. The van der Waals surface area contributed by atoms with Gasteiger partial charge in [0.05, 0.1) is 30.7 Å². The molecule has 0 aromatic heterocycles. The first-order valence-electron chi connectivity index (χ1n) is 11.0. The number of ether oxygens (including phenoxy) is 2. The number of sulfone groups is 1. The Kier molecular flexibility index (Phi) is 6.85. The van der Waals surface area contributed by atoms with Crippen LogP contribution in [-0.2, 0) is 25.9 Å². The second-order valence-corrected chi connectivity index (χ2v) is 10.2. The zero-order chi connectivity index (χ0) is 26.0. The summed E-state index contributed by atoms with van der Waals surface area (Å²) >= 11 is 0. The maximum absolute atomic E-state index is 13.7. The van der Waals surface area contributed by atoms with Crippen LogP contribution in [0.4, 0.5) is 0 Å². The van der Waals surface area contributed by atoms with Crippen LogP contribution in [-0.4, -0.2) is 44.5 Å². The van der Waals surface area contributed by atoms with Gasteiger partial charge < -0.3 is 19.5 Å². The van der Waals surface area contributed by atoms with Gasteiger partial charge in [0.2, 0.25) is 9.84 Å². The second kappa shape index (κ2) is 9.87. The number of hydrogen-bond donors (Lipinski definition) is 1. The van der Waals surface area contributed by atoms with Crippen molar-refractivity contribution in [3.05, 3.63) is 106 Å². The van der Waals surface area contributed by atoms with E-state index >= 15 is 0 Å². The molecular weight excluding hydrogens is 482 g/mol. The highest BCUT2D eigenvalue weighted by Gasteiger charge is 2.46. The van der Waals surface area contributed by atoms with Crippen molar-refractivity contribution in [2.45, 2.75) is 24.4 Å². The number of aryl methyl sites for hydroxylation is 1. The summed E-state index contributed by atoms with van der Waals surface area (Å²) < 4.78 is 37.3. The van der Waals surface area contributed by atoms with Crippen molar-refractivity contribution in [3.8, 4) is 5.75 Å². The van der Waals surface area contributed by atoms with E-state index in [1.165, 1.54) is 43.4 Å². The normalized spacial score (nSPS) is 15.8. The van der Waals surface area contributed by atoms with Crippen LogP contribution in [0, 0.1) is 6.92 Å². The van der Waals surface area contributed by atoms with Crippen LogP contribution >= 0.6 is 0 Å². The highest BCUT2D eigenvalue weighted by atomic mass is 32.2. The Balaban J connectivity index is 1.82. The van der Waals surface area contributed by atoms with Crippen molar-refractivity contribution in [3.63, 3.8) is 0 Å². The predicted octanol–water partition coefficient (Wildman–Crippen LogP) is 4.12. The Morgan fingerprint density at radius 1 is 0.944 bits per heavy atom. The zero-order valence-electron chi connectivity index (χ0n) is 20.0. The molecule has 1 amide bonds. The number of aliphatic hydroxyl groups excluding tert-OH is 1. The average molecular weight is 508 g/mol. The summed E-state index contributed by atoms with van der Waals surface area (Å²) in [6.07, 6.45) is 0. The largest absolute Gasteiger partial charge is 0.502 e. The van der Waals surface area contributed by atoms with Crippen LogP contribution in [0.1, 0.15) is 33.1 Å². The molecule has 0 saturated carbocycles. The van der Waals surface area contributed by atoms with Crippen molar-refractivity contribution < 1.29 is 32.6 Å². The third-order valence-electron chi connectivity index (χ3n) is 6.04. The fourth-order valence-electron chi connectivity index (χ4n) is 4.09. The standard InChI is InChI=1S/C27H25NO7S/c1-17-4-14-22(15-5-17)36(32,33)25-23(19-8-10-20(11-9-19)27(31)35-3)28(26(30)24(25)29)16-18-6-12-21(34-2)13-7-18/h4-15,23,29H,16H2,1-3H3/t23-/m0/s1. The second-order valence-electron chi connectivity index (χ2n) is 8.33. The molecule has 1 heterocycles. The number of carbonyl (C=O) groups excluding carboxylic acids is 2. The SMILES string of the molecule is COC(=O)c1ccc([C@H]2C(S(=O)(=O)c3ccc(C)cc3)=C(O)C(=O)N2Cc2ccc(OC)cc2)cc1. The van der Waals surface area contributed by atoms with Gasteiger partial charge in [0.1, 0.15) is 10.7 Å². The molecule has 3 aromatic carbocycles. The van der Waals surface area contributed by atoms with Gasteiger partial charge in [-0.15, -0.1) is 0 Å². The van der Waals surface area contributed by atoms with E-state index in [1.54, 1.807) is 48.5 Å². The van der Waals surface area contributed by atoms with Crippen LogP contribution in [0.3, 0.4) is 0 Å². The van der Waals surface area contributed by atoms with Gasteiger partial charge in [-0.2, -0.15) is 0 Å². The molecule has 1 N–H and O–H groups in total. The van der Waals surface area contributed by atoms with Crippen LogP contribution in [0.15, 0.2) is 88.4 Å². The Hall–Kier alpha value is -4.11. The van der Waals surface area contributed by atoms with Crippen molar-refractivity contribution in [2.75, 3.05) is 14.2 Å². The summed E-state index contributed by atoms with van der Waals surface area (Å²) in [5.74, 6) is -1.56. The number of esters is 1. The highest BCUT2D eigenvalue weighted by molar-refractivity contribution is 7.95. The summed E-state index contributed by atoms with van der Waals surface area (Å²) in [5, 5.41) is 10.9. The van der Waals surface area contributed by atoms with E-state index in [0.717, 1.165) is 5.56 Å². The molecule has 1 aliphatic rings. The van der Waals surface area contributed by atoms with Crippen molar-refractivity contribution >= 4 is 21.7 Å². The lowest BCUT2D eigenvalue weighted by molar-refractivity contribution is -0.130.